The van der Waals surface area contributed by atoms with E-state index < -0.39 is 35.6 Å². The van der Waals surface area contributed by atoms with Crippen LogP contribution in [0.5, 0.6) is 0 Å². The van der Waals surface area contributed by atoms with Crippen molar-refractivity contribution in [1.82, 2.24) is 44.4 Å². The number of amides is 2. The second-order valence-corrected chi connectivity index (χ2v) is 15.0. The van der Waals surface area contributed by atoms with Gasteiger partial charge in [0.25, 0.3) is 5.92 Å². The molecule has 5 aromatic rings. The minimum Gasteiger partial charge on any atom is -0.325 e. The SMILES string of the molecule is CC(=O)c1nn(CC(=O)N2[C@H]3C[C@]4(C[C@@H]24)Cn2ccc(n2)C(C)CCCC(F)(F)c2ccc(Br)nc2NC3=O)c2cnc(-c3cnc(C)nc3)cc12. The number of hydrogen-bond acceptors (Lipinski definition) is 9. The van der Waals surface area contributed by atoms with Crippen LogP contribution < -0.4 is 5.32 Å². The van der Waals surface area contributed by atoms with E-state index in [9.17, 15) is 14.4 Å². The first-order valence-corrected chi connectivity index (χ1v) is 18.0. The van der Waals surface area contributed by atoms with E-state index in [-0.39, 0.29) is 52.4 Å². The zero-order valence-corrected chi connectivity index (χ0v) is 30.3. The summed E-state index contributed by atoms with van der Waals surface area (Å²) in [6, 6.07) is 5.06. The molecule has 52 heavy (non-hydrogen) atoms. The van der Waals surface area contributed by atoms with Gasteiger partial charge >= 0.3 is 0 Å². The van der Waals surface area contributed by atoms with Crippen LogP contribution in [0.2, 0.25) is 0 Å². The average molecular weight is 774 g/mol. The van der Waals surface area contributed by atoms with Gasteiger partial charge < -0.3 is 10.2 Å². The number of nitrogens with zero attached hydrogens (tertiary/aromatic N) is 9. The lowest BCUT2D eigenvalue weighted by atomic mass is 9.96. The number of rotatable bonds is 4. The predicted octanol–water partition coefficient (Wildman–Crippen LogP) is 5.83. The fraction of sp³-hybridized carbons (Fsp3) is 0.417. The number of halogens is 3. The van der Waals surface area contributed by atoms with Gasteiger partial charge in [0.1, 0.15) is 34.5 Å². The molecule has 2 aliphatic heterocycles. The Bertz CT molecular complexity index is 2260. The molecule has 1 aliphatic carbocycles. The van der Waals surface area contributed by atoms with Gasteiger partial charge in [-0.05, 0) is 72.8 Å². The Hall–Kier alpha value is -4.99. The molecule has 1 unspecified atom stereocenters. The van der Waals surface area contributed by atoms with Crippen molar-refractivity contribution in [2.24, 2.45) is 5.41 Å². The summed E-state index contributed by atoms with van der Waals surface area (Å²) < 4.78 is 35.0. The molecular weight excluding hydrogens is 738 g/mol. The number of aromatic nitrogens is 8. The van der Waals surface area contributed by atoms with E-state index in [1.165, 1.54) is 23.7 Å². The highest BCUT2D eigenvalue weighted by Gasteiger charge is 2.67. The molecule has 1 N–H and O–H groups in total. The van der Waals surface area contributed by atoms with Crippen LogP contribution >= 0.6 is 15.9 Å². The summed E-state index contributed by atoms with van der Waals surface area (Å²) in [5, 5.41) is 12.5. The van der Waals surface area contributed by atoms with Gasteiger partial charge in [-0.15, -0.1) is 0 Å². The van der Waals surface area contributed by atoms with E-state index in [4.69, 9.17) is 5.10 Å². The van der Waals surface area contributed by atoms with Gasteiger partial charge in [0, 0.05) is 66.8 Å². The first kappa shape index (κ1) is 34.1. The van der Waals surface area contributed by atoms with Gasteiger partial charge in [-0.25, -0.2) is 23.7 Å². The third kappa shape index (κ3) is 6.05. The molecule has 4 bridgehead atoms. The number of aryl methyl sites for hydroxylation is 1. The molecule has 1 spiro atoms. The lowest BCUT2D eigenvalue weighted by molar-refractivity contribution is -0.138. The molecule has 0 aromatic carbocycles. The largest absolute Gasteiger partial charge is 0.325 e. The maximum Gasteiger partial charge on any atom is 0.276 e. The molecule has 2 fully saturated rings. The van der Waals surface area contributed by atoms with Crippen LogP contribution in [0.3, 0.4) is 0 Å². The van der Waals surface area contributed by atoms with Crippen LogP contribution in [-0.2, 0) is 28.6 Å². The summed E-state index contributed by atoms with van der Waals surface area (Å²) in [6.07, 6.45) is 8.00. The predicted molar refractivity (Wildman–Crippen MR) is 188 cm³/mol. The van der Waals surface area contributed by atoms with E-state index in [1.54, 1.807) is 36.5 Å². The van der Waals surface area contributed by atoms with Gasteiger partial charge in [-0.1, -0.05) is 6.92 Å². The number of ketones is 1. The maximum absolute atomic E-state index is 15.7. The van der Waals surface area contributed by atoms with Crippen molar-refractivity contribution in [3.8, 4) is 11.3 Å². The third-order valence-electron chi connectivity index (χ3n) is 10.6. The molecule has 1 saturated carbocycles. The monoisotopic (exact) mass is 772 g/mol. The summed E-state index contributed by atoms with van der Waals surface area (Å²) in [6.45, 7) is 5.37. The third-order valence-corrected chi connectivity index (χ3v) is 11.1. The number of carbonyl (C=O) groups excluding carboxylic acids is 3. The van der Waals surface area contributed by atoms with Gasteiger partial charge in [-0.3, -0.25) is 28.7 Å². The molecule has 2 amide bonds. The fourth-order valence-electron chi connectivity index (χ4n) is 7.78. The first-order valence-electron chi connectivity index (χ1n) is 17.2. The summed E-state index contributed by atoms with van der Waals surface area (Å²) in [7, 11) is 0. The van der Waals surface area contributed by atoms with Crippen LogP contribution in [0.15, 0.2) is 53.7 Å². The lowest BCUT2D eigenvalue weighted by Crippen LogP contribution is -2.47. The van der Waals surface area contributed by atoms with Crippen molar-refractivity contribution in [3.05, 3.63) is 76.4 Å². The number of anilines is 1. The second kappa shape index (κ2) is 12.6. The molecule has 268 valence electrons. The van der Waals surface area contributed by atoms with E-state index in [0.717, 1.165) is 5.69 Å². The van der Waals surface area contributed by atoms with Crippen molar-refractivity contribution in [2.75, 3.05) is 5.32 Å². The lowest BCUT2D eigenvalue weighted by Gasteiger charge is -2.28. The van der Waals surface area contributed by atoms with E-state index in [1.807, 2.05) is 23.9 Å². The van der Waals surface area contributed by atoms with Crippen molar-refractivity contribution < 1.29 is 23.2 Å². The van der Waals surface area contributed by atoms with Crippen molar-refractivity contribution in [2.45, 2.75) is 89.9 Å². The maximum atomic E-state index is 15.7. The molecule has 1 saturated heterocycles. The number of carbonyl (C=O) groups is 3. The Morgan fingerprint density at radius 3 is 2.63 bits per heavy atom. The Balaban J connectivity index is 1.15. The van der Waals surface area contributed by atoms with Gasteiger partial charge in [0.15, 0.2) is 5.78 Å². The molecular formula is C36H35BrF2N10O3. The normalized spacial score (nSPS) is 23.9. The molecule has 0 radical (unpaired) electrons. The number of hydrogen-bond donors (Lipinski definition) is 1. The molecule has 13 nitrogen and oxygen atoms in total. The Kier molecular flexibility index (Phi) is 8.27. The van der Waals surface area contributed by atoms with Gasteiger partial charge in [0.2, 0.25) is 11.8 Å². The average Bonchev–Trinajstić information content (AvgIpc) is 3.39. The minimum atomic E-state index is -3.27. The smallest absolute Gasteiger partial charge is 0.276 e. The topological polar surface area (TPSA) is 154 Å². The first-order chi connectivity index (χ1) is 24.8. The van der Waals surface area contributed by atoms with Gasteiger partial charge in [0.05, 0.1) is 28.7 Å². The fourth-order valence-corrected chi connectivity index (χ4v) is 8.08. The molecule has 7 heterocycles. The second-order valence-electron chi connectivity index (χ2n) is 14.2. The number of piperidine rings is 1. The summed E-state index contributed by atoms with van der Waals surface area (Å²) in [5.41, 5.74) is 1.82. The molecule has 4 atom stereocenters. The zero-order valence-electron chi connectivity index (χ0n) is 28.7. The number of alkyl halides is 2. The minimum absolute atomic E-state index is 0.0337. The van der Waals surface area contributed by atoms with E-state index in [0.29, 0.717) is 53.8 Å². The summed E-state index contributed by atoms with van der Waals surface area (Å²) in [4.78, 5) is 60.1. The van der Waals surface area contributed by atoms with Crippen LogP contribution in [0.25, 0.3) is 22.2 Å². The zero-order chi connectivity index (χ0) is 36.5. The highest BCUT2D eigenvalue weighted by atomic mass is 79.9. The Labute approximate surface area is 305 Å². The highest BCUT2D eigenvalue weighted by Crippen LogP contribution is 2.60. The van der Waals surface area contributed by atoms with Crippen LogP contribution in [0.4, 0.5) is 14.6 Å². The van der Waals surface area contributed by atoms with E-state index in [2.05, 4.69) is 46.3 Å². The summed E-state index contributed by atoms with van der Waals surface area (Å²) >= 11 is 3.26. The van der Waals surface area contributed by atoms with Crippen LogP contribution in [-0.4, -0.2) is 74.1 Å². The molecule has 8 rings (SSSR count). The number of fused-ring (bicyclic) bond motifs is 5. The quantitative estimate of drug-likeness (QED) is 0.176. The Morgan fingerprint density at radius 2 is 1.87 bits per heavy atom. The molecule has 3 aliphatic rings. The Morgan fingerprint density at radius 1 is 1.08 bits per heavy atom. The number of nitrogens with one attached hydrogen (secondary N) is 1. The number of Topliss-reactive ketones (excluding diaryl/α,β-unsaturated/α-hetero) is 1. The number of pyridine rings is 2. The summed E-state index contributed by atoms with van der Waals surface area (Å²) in [5.74, 6) is -4.24. The van der Waals surface area contributed by atoms with Crippen molar-refractivity contribution in [3.63, 3.8) is 0 Å². The van der Waals surface area contributed by atoms with Crippen LogP contribution in [0, 0.1) is 12.3 Å². The highest BCUT2D eigenvalue weighted by molar-refractivity contribution is 9.10. The van der Waals surface area contributed by atoms with Crippen LogP contribution in [0.1, 0.15) is 79.4 Å². The van der Waals surface area contributed by atoms with Crippen molar-refractivity contribution >= 4 is 50.2 Å². The molecule has 5 aromatic heterocycles. The van der Waals surface area contributed by atoms with Crippen molar-refractivity contribution in [1.29, 1.82) is 0 Å². The standard InChI is InChI=1S/C36H35BrF2N10O3/c1-19-5-4-9-36(38,39)24-6-7-30(37)43-33(24)44-34(52)27-12-35(18-47-10-8-25(19)45-47)13-29(35)49(27)31(51)17-48-28-16-42-26(22-14-40-21(3)41-15-22)11-23(28)32(46-48)20(2)50/h6-8,10-11,14-16,19,27,29H,4-5,9,12-13,17-18H2,1-3H3,(H,43,44,52)/t19?,27-,29+,35-/m0/s1. The number of likely N-dealkylation sites (tertiary alicyclic amines) is 1. The van der Waals surface area contributed by atoms with E-state index >= 15 is 8.78 Å². The van der Waals surface area contributed by atoms with Gasteiger partial charge in [-0.2, -0.15) is 10.2 Å². The molecule has 16 heteroatoms.